The van der Waals surface area contributed by atoms with Crippen LogP contribution >= 0.6 is 0 Å². The fraction of sp³-hybridized carbons (Fsp3) is 0.267. The lowest BCUT2D eigenvalue weighted by Gasteiger charge is -2.24. The van der Waals surface area contributed by atoms with Gasteiger partial charge in [0, 0.05) is 21.8 Å². The van der Waals surface area contributed by atoms with Gasteiger partial charge in [-0.1, -0.05) is 90.1 Å². The smallest absolute Gasteiger partial charge is 0.101 e. The number of hydrogen-bond donors (Lipinski definition) is 0. The third-order valence-corrected chi connectivity index (χ3v) is 6.30. The lowest BCUT2D eigenvalue weighted by atomic mass is 9.81. The predicted molar refractivity (Wildman–Crippen MR) is 137 cm³/mol. The largest absolute Gasteiger partial charge is 0.154 e. The summed E-state index contributed by atoms with van der Waals surface area (Å²) in [5.74, 6) is 0. The highest BCUT2D eigenvalue weighted by molar-refractivity contribution is 6.06. The van der Waals surface area contributed by atoms with E-state index in [0.29, 0.717) is 0 Å². The summed E-state index contributed by atoms with van der Waals surface area (Å²) in [6, 6.07) is 26.4. The molecule has 5 aromatic rings. The topological polar surface area (TPSA) is 25.8 Å². The predicted octanol–water partition coefficient (Wildman–Crippen LogP) is 8.20. The molecule has 0 saturated carbocycles. The molecule has 1 aromatic heterocycles. The highest BCUT2D eigenvalue weighted by Crippen LogP contribution is 2.39. The SMILES string of the molecule is CC(C)(C)c1cc(-c2nnc(C(C)(C)C)c3cc4ccccc4cc23)cc2ccccc12. The zero-order chi connectivity index (χ0) is 22.7. The summed E-state index contributed by atoms with van der Waals surface area (Å²) in [6.07, 6.45) is 0. The normalized spacial score (nSPS) is 12.7. The van der Waals surface area contributed by atoms with Crippen molar-refractivity contribution in [3.63, 3.8) is 0 Å². The number of rotatable bonds is 1. The molecule has 0 N–H and O–H groups in total. The summed E-state index contributed by atoms with van der Waals surface area (Å²) in [5, 5.41) is 17.0. The molecule has 2 nitrogen and oxygen atoms in total. The van der Waals surface area contributed by atoms with Crippen LogP contribution < -0.4 is 0 Å². The van der Waals surface area contributed by atoms with Crippen LogP contribution in [0.5, 0.6) is 0 Å². The van der Waals surface area contributed by atoms with Gasteiger partial charge in [0.1, 0.15) is 5.69 Å². The summed E-state index contributed by atoms with van der Waals surface area (Å²) in [6.45, 7) is 13.5. The van der Waals surface area contributed by atoms with Crippen molar-refractivity contribution in [1.29, 1.82) is 0 Å². The van der Waals surface area contributed by atoms with Crippen LogP contribution in [0.2, 0.25) is 0 Å². The van der Waals surface area contributed by atoms with Crippen LogP contribution in [0.25, 0.3) is 43.6 Å². The Balaban J connectivity index is 1.89. The zero-order valence-electron chi connectivity index (χ0n) is 19.8. The Morgan fingerprint density at radius 1 is 0.531 bits per heavy atom. The Morgan fingerprint density at radius 2 is 1.12 bits per heavy atom. The molecule has 0 aliphatic heterocycles. The van der Waals surface area contributed by atoms with Crippen LogP contribution in [0.15, 0.2) is 72.8 Å². The van der Waals surface area contributed by atoms with Gasteiger partial charge in [-0.15, -0.1) is 5.10 Å². The molecule has 0 fully saturated rings. The Hall–Kier alpha value is -3.26. The summed E-state index contributed by atoms with van der Waals surface area (Å²) >= 11 is 0. The molecule has 0 unspecified atom stereocenters. The molecule has 0 atom stereocenters. The first-order valence-corrected chi connectivity index (χ1v) is 11.4. The minimum Gasteiger partial charge on any atom is -0.154 e. The minimum atomic E-state index is -0.0911. The molecule has 0 spiro atoms. The Labute approximate surface area is 190 Å². The van der Waals surface area contributed by atoms with E-state index in [1.165, 1.54) is 37.9 Å². The van der Waals surface area contributed by atoms with Gasteiger partial charge in [-0.2, -0.15) is 5.10 Å². The summed E-state index contributed by atoms with van der Waals surface area (Å²) in [4.78, 5) is 0. The monoisotopic (exact) mass is 418 g/mol. The third-order valence-electron chi connectivity index (χ3n) is 6.30. The lowest BCUT2D eigenvalue weighted by Crippen LogP contribution is -2.16. The van der Waals surface area contributed by atoms with Crippen LogP contribution in [-0.4, -0.2) is 10.2 Å². The zero-order valence-corrected chi connectivity index (χ0v) is 19.8. The second-order valence-electron chi connectivity index (χ2n) is 10.9. The Morgan fingerprint density at radius 3 is 1.75 bits per heavy atom. The van der Waals surface area contributed by atoms with E-state index in [0.717, 1.165) is 17.0 Å². The van der Waals surface area contributed by atoms with Crippen LogP contribution in [-0.2, 0) is 10.8 Å². The molecule has 0 bridgehead atoms. The lowest BCUT2D eigenvalue weighted by molar-refractivity contribution is 0.566. The quantitative estimate of drug-likeness (QED) is 0.256. The molecule has 0 aliphatic rings. The molecule has 4 aromatic carbocycles. The summed E-state index contributed by atoms with van der Waals surface area (Å²) < 4.78 is 0. The highest BCUT2D eigenvalue weighted by atomic mass is 15.1. The Kier molecular flexibility index (Phi) is 4.60. The average Bonchev–Trinajstić information content (AvgIpc) is 2.74. The van der Waals surface area contributed by atoms with Crippen molar-refractivity contribution in [2.75, 3.05) is 0 Å². The maximum Gasteiger partial charge on any atom is 0.101 e. The molecule has 5 rings (SSSR count). The second-order valence-corrected chi connectivity index (χ2v) is 10.9. The average molecular weight is 419 g/mol. The summed E-state index contributed by atoms with van der Waals surface area (Å²) in [5.41, 5.74) is 4.39. The van der Waals surface area contributed by atoms with E-state index in [1.807, 2.05) is 0 Å². The van der Waals surface area contributed by atoms with E-state index < -0.39 is 0 Å². The van der Waals surface area contributed by atoms with Crippen molar-refractivity contribution in [3.05, 3.63) is 84.1 Å². The number of benzene rings is 4. The first-order chi connectivity index (χ1) is 15.1. The molecule has 2 heteroatoms. The highest BCUT2D eigenvalue weighted by Gasteiger charge is 2.23. The van der Waals surface area contributed by atoms with E-state index in [2.05, 4.69) is 114 Å². The van der Waals surface area contributed by atoms with E-state index in [-0.39, 0.29) is 10.8 Å². The molecule has 0 aliphatic carbocycles. The second kappa shape index (κ2) is 7.13. The fourth-order valence-electron chi connectivity index (χ4n) is 4.67. The van der Waals surface area contributed by atoms with E-state index >= 15 is 0 Å². The van der Waals surface area contributed by atoms with Crippen molar-refractivity contribution in [2.24, 2.45) is 0 Å². The van der Waals surface area contributed by atoms with Crippen molar-refractivity contribution in [1.82, 2.24) is 10.2 Å². The molecule has 1 heterocycles. The first kappa shape index (κ1) is 20.6. The minimum absolute atomic E-state index is 0.0247. The number of hydrogen-bond acceptors (Lipinski definition) is 2. The van der Waals surface area contributed by atoms with Crippen molar-refractivity contribution < 1.29 is 0 Å². The van der Waals surface area contributed by atoms with Gasteiger partial charge >= 0.3 is 0 Å². The fourth-order valence-corrected chi connectivity index (χ4v) is 4.67. The van der Waals surface area contributed by atoms with Gasteiger partial charge in [-0.05, 0) is 56.8 Å². The Bertz CT molecular complexity index is 1480. The van der Waals surface area contributed by atoms with Crippen molar-refractivity contribution in [3.8, 4) is 11.3 Å². The molecule has 0 amide bonds. The molecule has 32 heavy (non-hydrogen) atoms. The number of fused-ring (bicyclic) bond motifs is 3. The van der Waals surface area contributed by atoms with Gasteiger partial charge in [0.25, 0.3) is 0 Å². The van der Waals surface area contributed by atoms with Crippen LogP contribution in [0, 0.1) is 0 Å². The van der Waals surface area contributed by atoms with Gasteiger partial charge in [-0.25, -0.2) is 0 Å². The van der Waals surface area contributed by atoms with Crippen molar-refractivity contribution in [2.45, 2.75) is 52.4 Å². The van der Waals surface area contributed by atoms with Gasteiger partial charge < -0.3 is 0 Å². The van der Waals surface area contributed by atoms with E-state index in [9.17, 15) is 0 Å². The molecule has 0 saturated heterocycles. The van der Waals surface area contributed by atoms with Crippen LogP contribution in [0.4, 0.5) is 0 Å². The molecular weight excluding hydrogens is 388 g/mol. The van der Waals surface area contributed by atoms with Gasteiger partial charge in [0.2, 0.25) is 0 Å². The maximum atomic E-state index is 4.83. The molecule has 0 radical (unpaired) electrons. The van der Waals surface area contributed by atoms with Crippen LogP contribution in [0.3, 0.4) is 0 Å². The molecule has 160 valence electrons. The van der Waals surface area contributed by atoms with Gasteiger partial charge in [0.15, 0.2) is 0 Å². The maximum absolute atomic E-state index is 4.83. The third kappa shape index (κ3) is 3.44. The number of aromatic nitrogens is 2. The van der Waals surface area contributed by atoms with Gasteiger partial charge in [0.05, 0.1) is 5.69 Å². The number of nitrogens with zero attached hydrogens (tertiary/aromatic N) is 2. The standard InChI is InChI=1S/C30H30N2/c1-29(2,3)26-18-22(15-21-13-9-10-14-23(21)26)27-24-16-19-11-7-8-12-20(19)17-25(24)28(32-31-27)30(4,5)6/h7-18H,1-6H3. The van der Waals surface area contributed by atoms with E-state index in [1.54, 1.807) is 0 Å². The molecular formula is C30H30N2. The van der Waals surface area contributed by atoms with E-state index in [4.69, 9.17) is 10.2 Å². The first-order valence-electron chi connectivity index (χ1n) is 11.4. The van der Waals surface area contributed by atoms with Gasteiger partial charge in [-0.3, -0.25) is 0 Å². The van der Waals surface area contributed by atoms with Crippen molar-refractivity contribution >= 4 is 32.3 Å². The summed E-state index contributed by atoms with van der Waals surface area (Å²) in [7, 11) is 0. The van der Waals surface area contributed by atoms with Crippen LogP contribution in [0.1, 0.15) is 52.8 Å².